The monoisotopic (exact) mass is 299 g/mol. The van der Waals surface area contributed by atoms with Gasteiger partial charge < -0.3 is 10.0 Å². The summed E-state index contributed by atoms with van der Waals surface area (Å²) < 4.78 is 0. The molecule has 0 aliphatic carbocycles. The van der Waals surface area contributed by atoms with Crippen molar-refractivity contribution in [3.8, 4) is 17.1 Å². The first kappa shape index (κ1) is 13.6. The van der Waals surface area contributed by atoms with Crippen LogP contribution in [0.15, 0.2) is 42.5 Å². The Balaban J connectivity index is 2.35. The molecule has 2 aromatic carbocycles. The van der Waals surface area contributed by atoms with Gasteiger partial charge in [-0.1, -0.05) is 29.8 Å². The van der Waals surface area contributed by atoms with Crippen molar-refractivity contribution in [2.24, 2.45) is 0 Å². The van der Waals surface area contributed by atoms with Gasteiger partial charge in [0.15, 0.2) is 5.82 Å². The number of anilines is 1. The first-order valence-electron chi connectivity index (χ1n) is 6.50. The minimum absolute atomic E-state index is 0.156. The Morgan fingerprint density at radius 2 is 1.76 bits per heavy atom. The largest absolute Gasteiger partial charge is 0.507 e. The summed E-state index contributed by atoms with van der Waals surface area (Å²) in [6, 6.07) is 12.6. The van der Waals surface area contributed by atoms with Gasteiger partial charge in [0.2, 0.25) is 0 Å². The van der Waals surface area contributed by atoms with Crippen LogP contribution in [0.5, 0.6) is 5.75 Å². The molecule has 0 saturated heterocycles. The van der Waals surface area contributed by atoms with Crippen LogP contribution >= 0.6 is 11.6 Å². The molecule has 1 heterocycles. The molecule has 0 unspecified atom stereocenters. The highest BCUT2D eigenvalue weighted by Crippen LogP contribution is 2.33. The molecule has 0 atom stereocenters. The van der Waals surface area contributed by atoms with E-state index in [-0.39, 0.29) is 5.75 Å². The number of para-hydroxylation sites is 1. The van der Waals surface area contributed by atoms with E-state index < -0.39 is 0 Å². The number of aromatic hydroxyl groups is 1. The molecule has 1 aromatic heterocycles. The highest BCUT2D eigenvalue weighted by molar-refractivity contribution is 6.36. The Hall–Kier alpha value is -2.33. The van der Waals surface area contributed by atoms with E-state index in [9.17, 15) is 5.11 Å². The quantitative estimate of drug-likeness (QED) is 0.783. The van der Waals surface area contributed by atoms with E-state index in [4.69, 9.17) is 11.6 Å². The maximum absolute atomic E-state index is 10.0. The van der Waals surface area contributed by atoms with Crippen LogP contribution in [0.2, 0.25) is 5.02 Å². The van der Waals surface area contributed by atoms with Gasteiger partial charge >= 0.3 is 0 Å². The third kappa shape index (κ3) is 2.38. The summed E-state index contributed by atoms with van der Waals surface area (Å²) in [5, 5.41) is 11.4. The Labute approximate surface area is 127 Å². The minimum Gasteiger partial charge on any atom is -0.507 e. The maximum Gasteiger partial charge on any atom is 0.165 e. The second-order valence-corrected chi connectivity index (χ2v) is 5.32. The van der Waals surface area contributed by atoms with Gasteiger partial charge in [0.1, 0.15) is 11.6 Å². The van der Waals surface area contributed by atoms with Gasteiger partial charge in [-0.15, -0.1) is 0 Å². The summed E-state index contributed by atoms with van der Waals surface area (Å²) in [6.07, 6.45) is 0. The van der Waals surface area contributed by atoms with Crippen molar-refractivity contribution in [2.75, 3.05) is 19.0 Å². The molecule has 106 valence electrons. The van der Waals surface area contributed by atoms with E-state index in [2.05, 4.69) is 9.97 Å². The molecule has 0 radical (unpaired) electrons. The molecule has 3 aromatic rings. The smallest absolute Gasteiger partial charge is 0.165 e. The van der Waals surface area contributed by atoms with Crippen LogP contribution in [0, 0.1) is 0 Å². The van der Waals surface area contributed by atoms with E-state index in [1.165, 1.54) is 0 Å². The van der Waals surface area contributed by atoms with Crippen molar-refractivity contribution in [2.45, 2.75) is 0 Å². The molecule has 1 N–H and O–H groups in total. The molecule has 0 saturated carbocycles. The van der Waals surface area contributed by atoms with Gasteiger partial charge in [-0.25, -0.2) is 9.97 Å². The molecule has 0 bridgehead atoms. The number of phenolic OH excluding ortho intramolecular Hbond substituents is 1. The van der Waals surface area contributed by atoms with Crippen LogP contribution in [0.3, 0.4) is 0 Å². The molecule has 0 amide bonds. The Bertz CT molecular complexity index is 818. The second kappa shape index (κ2) is 5.22. The van der Waals surface area contributed by atoms with Crippen molar-refractivity contribution in [3.63, 3.8) is 0 Å². The van der Waals surface area contributed by atoms with Crippen molar-refractivity contribution in [3.05, 3.63) is 47.5 Å². The van der Waals surface area contributed by atoms with Crippen LogP contribution in [-0.2, 0) is 0 Å². The molecular weight excluding hydrogens is 286 g/mol. The fraction of sp³-hybridized carbons (Fsp3) is 0.125. The third-order valence-electron chi connectivity index (χ3n) is 3.22. The fourth-order valence-electron chi connectivity index (χ4n) is 2.23. The third-order valence-corrected chi connectivity index (χ3v) is 3.54. The second-order valence-electron chi connectivity index (χ2n) is 4.92. The number of rotatable bonds is 2. The van der Waals surface area contributed by atoms with E-state index in [0.717, 1.165) is 16.7 Å². The predicted molar refractivity (Wildman–Crippen MR) is 86.0 cm³/mol. The maximum atomic E-state index is 10.0. The summed E-state index contributed by atoms with van der Waals surface area (Å²) in [6.45, 7) is 0. The van der Waals surface area contributed by atoms with Crippen molar-refractivity contribution in [1.82, 2.24) is 9.97 Å². The number of phenols is 1. The Morgan fingerprint density at radius 3 is 2.48 bits per heavy atom. The SMILES string of the molecule is CN(C)c1nc(-c2ccccc2O)nc2cccc(Cl)c12. The summed E-state index contributed by atoms with van der Waals surface area (Å²) in [5.74, 6) is 1.36. The van der Waals surface area contributed by atoms with E-state index in [1.54, 1.807) is 18.2 Å². The van der Waals surface area contributed by atoms with Crippen molar-refractivity contribution >= 4 is 28.3 Å². The molecular formula is C16H14ClN3O. The van der Waals surface area contributed by atoms with Crippen LogP contribution < -0.4 is 4.90 Å². The normalized spacial score (nSPS) is 10.8. The number of halogens is 1. The zero-order valence-electron chi connectivity index (χ0n) is 11.7. The Morgan fingerprint density at radius 1 is 1.00 bits per heavy atom. The number of benzene rings is 2. The molecule has 5 heteroatoms. The first-order valence-corrected chi connectivity index (χ1v) is 6.87. The number of aromatic nitrogens is 2. The molecule has 0 fully saturated rings. The summed E-state index contributed by atoms with van der Waals surface area (Å²) in [4.78, 5) is 11.0. The van der Waals surface area contributed by atoms with Crippen LogP contribution in [0.1, 0.15) is 0 Å². The first-order chi connectivity index (χ1) is 10.1. The average molecular weight is 300 g/mol. The van der Waals surface area contributed by atoms with Gasteiger partial charge in [0, 0.05) is 14.1 Å². The average Bonchev–Trinajstić information content (AvgIpc) is 2.46. The number of fused-ring (bicyclic) bond motifs is 1. The van der Waals surface area contributed by atoms with Crippen LogP contribution in [0.4, 0.5) is 5.82 Å². The number of hydrogen-bond donors (Lipinski definition) is 1. The summed E-state index contributed by atoms with van der Waals surface area (Å²) in [7, 11) is 3.81. The lowest BCUT2D eigenvalue weighted by Gasteiger charge is -2.16. The number of nitrogens with zero attached hydrogens (tertiary/aromatic N) is 3. The topological polar surface area (TPSA) is 49.2 Å². The predicted octanol–water partition coefficient (Wildman–Crippen LogP) is 3.72. The molecule has 0 aliphatic heterocycles. The van der Waals surface area contributed by atoms with E-state index in [0.29, 0.717) is 16.4 Å². The minimum atomic E-state index is 0.156. The fourth-order valence-corrected chi connectivity index (χ4v) is 2.48. The highest BCUT2D eigenvalue weighted by atomic mass is 35.5. The van der Waals surface area contributed by atoms with Gasteiger partial charge in [-0.3, -0.25) is 0 Å². The summed E-state index contributed by atoms with van der Waals surface area (Å²) >= 11 is 6.28. The van der Waals surface area contributed by atoms with E-state index in [1.807, 2.05) is 43.3 Å². The van der Waals surface area contributed by atoms with E-state index >= 15 is 0 Å². The molecule has 21 heavy (non-hydrogen) atoms. The number of hydrogen-bond acceptors (Lipinski definition) is 4. The highest BCUT2D eigenvalue weighted by Gasteiger charge is 2.15. The van der Waals surface area contributed by atoms with Gasteiger partial charge in [0.05, 0.1) is 21.5 Å². The lowest BCUT2D eigenvalue weighted by atomic mass is 10.1. The standard InChI is InChI=1S/C16H14ClN3O/c1-20(2)16-14-11(17)7-5-8-12(14)18-15(19-16)10-6-3-4-9-13(10)21/h3-9,21H,1-2H3. The molecule has 3 rings (SSSR count). The molecule has 0 spiro atoms. The molecule has 0 aliphatic rings. The van der Waals surface area contributed by atoms with Crippen molar-refractivity contribution in [1.29, 1.82) is 0 Å². The van der Waals surface area contributed by atoms with Crippen LogP contribution in [0.25, 0.3) is 22.3 Å². The van der Waals surface area contributed by atoms with Crippen LogP contribution in [-0.4, -0.2) is 29.2 Å². The zero-order valence-corrected chi connectivity index (χ0v) is 12.5. The Kier molecular flexibility index (Phi) is 3.39. The zero-order chi connectivity index (χ0) is 15.0. The van der Waals surface area contributed by atoms with Gasteiger partial charge in [-0.05, 0) is 24.3 Å². The van der Waals surface area contributed by atoms with Gasteiger partial charge in [0.25, 0.3) is 0 Å². The lowest BCUT2D eigenvalue weighted by Crippen LogP contribution is -2.12. The van der Waals surface area contributed by atoms with Crippen molar-refractivity contribution < 1.29 is 5.11 Å². The molecule has 4 nitrogen and oxygen atoms in total. The summed E-state index contributed by atoms with van der Waals surface area (Å²) in [5.41, 5.74) is 1.35. The van der Waals surface area contributed by atoms with Gasteiger partial charge in [-0.2, -0.15) is 0 Å². The lowest BCUT2D eigenvalue weighted by molar-refractivity contribution is 0.477.